The number of ether oxygens (including phenoxy) is 1. The quantitative estimate of drug-likeness (QED) is 0.185. The first-order valence-electron chi connectivity index (χ1n) is 4.74. The van der Waals surface area contributed by atoms with Gasteiger partial charge in [0, 0.05) is 13.7 Å². The van der Waals surface area contributed by atoms with Crippen LogP contribution in [0.25, 0.3) is 0 Å². The average Bonchev–Trinajstić information content (AvgIpc) is 2.15. The van der Waals surface area contributed by atoms with Crippen molar-refractivity contribution in [2.45, 2.75) is 25.8 Å². The Morgan fingerprint density at radius 1 is 1.56 bits per heavy atom. The third-order valence-electron chi connectivity index (χ3n) is 1.92. The molecule has 0 bridgehead atoms. The first kappa shape index (κ1) is 15.1. The highest BCUT2D eigenvalue weighted by molar-refractivity contribution is 7.89. The van der Waals surface area contributed by atoms with E-state index in [1.165, 1.54) is 21.0 Å². The van der Waals surface area contributed by atoms with Crippen molar-refractivity contribution < 1.29 is 18.4 Å². The SMILES string of the molecule is COCCCS(=O)(=O)NC(C)(C)C(N)=NO. The number of nitrogens with one attached hydrogen (secondary N) is 1. The maximum absolute atomic E-state index is 11.6. The molecule has 0 spiro atoms. The molecule has 8 heteroatoms. The molecule has 0 aromatic carbocycles. The fourth-order valence-corrected chi connectivity index (χ4v) is 2.49. The smallest absolute Gasteiger partial charge is 0.212 e. The minimum Gasteiger partial charge on any atom is -0.409 e. The lowest BCUT2D eigenvalue weighted by atomic mass is 10.1. The normalized spacial score (nSPS) is 14.1. The van der Waals surface area contributed by atoms with E-state index in [1.807, 2.05) is 0 Å². The van der Waals surface area contributed by atoms with Gasteiger partial charge in [-0.15, -0.1) is 0 Å². The fraction of sp³-hybridized carbons (Fsp3) is 0.875. The Morgan fingerprint density at radius 3 is 2.56 bits per heavy atom. The van der Waals surface area contributed by atoms with E-state index in [0.29, 0.717) is 13.0 Å². The van der Waals surface area contributed by atoms with Gasteiger partial charge in [-0.3, -0.25) is 0 Å². The summed E-state index contributed by atoms with van der Waals surface area (Å²) < 4.78 is 30.3. The third-order valence-corrected chi connectivity index (χ3v) is 3.57. The van der Waals surface area contributed by atoms with Crippen molar-refractivity contribution in [3.63, 3.8) is 0 Å². The van der Waals surface area contributed by atoms with E-state index in [0.717, 1.165) is 0 Å². The molecule has 4 N–H and O–H groups in total. The molecule has 0 unspecified atom stereocenters. The highest BCUT2D eigenvalue weighted by atomic mass is 32.2. The monoisotopic (exact) mass is 253 g/mol. The van der Waals surface area contributed by atoms with Crippen LogP contribution >= 0.6 is 0 Å². The number of rotatable bonds is 7. The van der Waals surface area contributed by atoms with Gasteiger partial charge in [0.05, 0.1) is 11.3 Å². The topological polar surface area (TPSA) is 114 Å². The summed E-state index contributed by atoms with van der Waals surface area (Å²) in [4.78, 5) is 0. The van der Waals surface area contributed by atoms with Gasteiger partial charge < -0.3 is 15.7 Å². The molecule has 0 aliphatic carbocycles. The summed E-state index contributed by atoms with van der Waals surface area (Å²) in [6, 6.07) is 0. The summed E-state index contributed by atoms with van der Waals surface area (Å²) in [7, 11) is -1.97. The van der Waals surface area contributed by atoms with Gasteiger partial charge in [0.2, 0.25) is 10.0 Å². The second-order valence-corrected chi connectivity index (χ2v) is 5.72. The van der Waals surface area contributed by atoms with Gasteiger partial charge in [0.15, 0.2) is 5.84 Å². The van der Waals surface area contributed by atoms with Crippen LogP contribution in [0, 0.1) is 0 Å². The van der Waals surface area contributed by atoms with Crippen LogP contribution < -0.4 is 10.5 Å². The molecule has 0 fully saturated rings. The van der Waals surface area contributed by atoms with Crippen LogP contribution in [-0.4, -0.2) is 44.5 Å². The summed E-state index contributed by atoms with van der Waals surface area (Å²) in [5, 5.41) is 11.3. The molecule has 0 aromatic heterocycles. The van der Waals surface area contributed by atoms with Gasteiger partial charge in [0.1, 0.15) is 0 Å². The first-order chi connectivity index (χ1) is 7.25. The summed E-state index contributed by atoms with van der Waals surface area (Å²) in [5.74, 6) is -0.258. The zero-order valence-electron chi connectivity index (χ0n) is 9.73. The summed E-state index contributed by atoms with van der Waals surface area (Å²) >= 11 is 0. The minimum atomic E-state index is -3.47. The molecule has 0 aromatic rings. The fourth-order valence-electron chi connectivity index (χ4n) is 1.01. The largest absolute Gasteiger partial charge is 0.409 e. The third kappa shape index (κ3) is 5.29. The number of hydrogen-bond donors (Lipinski definition) is 3. The standard InChI is InChI=1S/C8H19N3O4S/c1-8(2,7(9)10-12)11-16(13,14)6-4-5-15-3/h11-12H,4-6H2,1-3H3,(H2,9,10). The zero-order valence-corrected chi connectivity index (χ0v) is 10.5. The van der Waals surface area contributed by atoms with Gasteiger partial charge >= 0.3 is 0 Å². The number of oxime groups is 1. The van der Waals surface area contributed by atoms with Gasteiger partial charge in [-0.25, -0.2) is 13.1 Å². The number of sulfonamides is 1. The van der Waals surface area contributed by atoms with Gasteiger partial charge in [0.25, 0.3) is 0 Å². The second-order valence-electron chi connectivity index (χ2n) is 3.88. The van der Waals surface area contributed by atoms with Crippen LogP contribution in [0.5, 0.6) is 0 Å². The number of nitrogens with two attached hydrogens (primary N) is 1. The van der Waals surface area contributed by atoms with E-state index >= 15 is 0 Å². The Balaban J connectivity index is 4.47. The molecule has 0 saturated heterocycles. The molecular formula is C8H19N3O4S. The van der Waals surface area contributed by atoms with Gasteiger partial charge in [-0.1, -0.05) is 5.16 Å². The van der Waals surface area contributed by atoms with Crippen LogP contribution in [0.15, 0.2) is 5.16 Å². The Bertz CT molecular complexity index is 337. The predicted molar refractivity (Wildman–Crippen MR) is 60.9 cm³/mol. The Morgan fingerprint density at radius 2 is 2.12 bits per heavy atom. The van der Waals surface area contributed by atoms with Crippen molar-refractivity contribution in [1.82, 2.24) is 4.72 Å². The summed E-state index contributed by atoms with van der Waals surface area (Å²) in [6.07, 6.45) is 0.387. The van der Waals surface area contributed by atoms with Crippen LogP contribution in [0.4, 0.5) is 0 Å². The van der Waals surface area contributed by atoms with Crippen molar-refractivity contribution in [2.24, 2.45) is 10.9 Å². The molecule has 0 saturated carbocycles. The highest BCUT2D eigenvalue weighted by Gasteiger charge is 2.28. The van der Waals surface area contributed by atoms with Crippen LogP contribution in [-0.2, 0) is 14.8 Å². The Labute approximate surface area is 95.7 Å². The molecule has 0 aliphatic rings. The van der Waals surface area contributed by atoms with Crippen molar-refractivity contribution in [3.05, 3.63) is 0 Å². The molecule has 16 heavy (non-hydrogen) atoms. The molecule has 0 heterocycles. The maximum Gasteiger partial charge on any atom is 0.212 e. The van der Waals surface area contributed by atoms with E-state index in [1.54, 1.807) is 0 Å². The minimum absolute atomic E-state index is 0.0665. The first-order valence-corrected chi connectivity index (χ1v) is 6.39. The number of nitrogens with zero attached hydrogens (tertiary/aromatic N) is 1. The lowest BCUT2D eigenvalue weighted by molar-refractivity contribution is 0.199. The van der Waals surface area contributed by atoms with Crippen molar-refractivity contribution >= 4 is 15.9 Å². The average molecular weight is 253 g/mol. The summed E-state index contributed by atoms with van der Waals surface area (Å²) in [5.41, 5.74) is 4.25. The van der Waals surface area contributed by atoms with Gasteiger partial charge in [-0.05, 0) is 20.3 Å². The molecular weight excluding hydrogens is 234 g/mol. The van der Waals surface area contributed by atoms with Crippen molar-refractivity contribution in [2.75, 3.05) is 19.5 Å². The molecule has 0 rings (SSSR count). The number of methoxy groups -OCH3 is 1. The molecule has 0 amide bonds. The predicted octanol–water partition coefficient (Wildman–Crippen LogP) is -0.533. The Hall–Kier alpha value is -0.860. The molecule has 96 valence electrons. The van der Waals surface area contributed by atoms with Crippen molar-refractivity contribution in [1.29, 1.82) is 0 Å². The lowest BCUT2D eigenvalue weighted by Gasteiger charge is -2.24. The number of amidine groups is 1. The van der Waals surface area contributed by atoms with Crippen LogP contribution in [0.3, 0.4) is 0 Å². The van der Waals surface area contributed by atoms with Crippen LogP contribution in [0.2, 0.25) is 0 Å². The van der Waals surface area contributed by atoms with Crippen molar-refractivity contribution in [3.8, 4) is 0 Å². The molecule has 0 radical (unpaired) electrons. The van der Waals surface area contributed by atoms with E-state index in [2.05, 4.69) is 9.88 Å². The van der Waals surface area contributed by atoms with Crippen LogP contribution in [0.1, 0.15) is 20.3 Å². The Kier molecular flexibility index (Phi) is 5.70. The van der Waals surface area contributed by atoms with E-state index < -0.39 is 15.6 Å². The lowest BCUT2D eigenvalue weighted by Crippen LogP contribution is -2.53. The molecule has 0 aliphatic heterocycles. The van der Waals surface area contributed by atoms with Gasteiger partial charge in [-0.2, -0.15) is 0 Å². The number of hydrogen-bond acceptors (Lipinski definition) is 5. The molecule has 0 atom stereocenters. The van der Waals surface area contributed by atoms with E-state index in [4.69, 9.17) is 15.7 Å². The second kappa shape index (κ2) is 6.02. The zero-order chi connectivity index (χ0) is 12.8. The highest BCUT2D eigenvalue weighted by Crippen LogP contribution is 2.05. The maximum atomic E-state index is 11.6. The van der Waals surface area contributed by atoms with E-state index in [9.17, 15) is 8.42 Å². The summed E-state index contributed by atoms with van der Waals surface area (Å²) in [6.45, 7) is 3.39. The van der Waals surface area contributed by atoms with E-state index in [-0.39, 0.29) is 11.6 Å². The molecule has 7 nitrogen and oxygen atoms in total.